The molecule has 0 saturated heterocycles. The van der Waals surface area contributed by atoms with Crippen LogP contribution in [-0.2, 0) is 12.6 Å². The zero-order valence-corrected chi connectivity index (χ0v) is 15.9. The van der Waals surface area contributed by atoms with Crippen molar-refractivity contribution in [1.29, 1.82) is 0 Å². The molecule has 0 unspecified atom stereocenters. The first-order valence-corrected chi connectivity index (χ1v) is 8.88. The molecule has 146 valence electrons. The molecule has 0 atom stereocenters. The zero-order chi connectivity index (χ0) is 20.3. The third-order valence-electron chi connectivity index (χ3n) is 4.40. The van der Waals surface area contributed by atoms with Gasteiger partial charge in [-0.15, -0.1) is 0 Å². The number of hydrogen-bond acceptors (Lipinski definition) is 4. The average Bonchev–Trinajstić information content (AvgIpc) is 2.66. The van der Waals surface area contributed by atoms with E-state index in [2.05, 4.69) is 15.3 Å². The molecule has 0 bridgehead atoms. The molecule has 3 rings (SSSR count). The van der Waals surface area contributed by atoms with Crippen LogP contribution in [0.4, 0.5) is 36.3 Å². The molecule has 0 aliphatic heterocycles. The second kappa shape index (κ2) is 7.88. The molecule has 0 spiro atoms. The summed E-state index contributed by atoms with van der Waals surface area (Å²) in [6, 6.07) is 14.8. The van der Waals surface area contributed by atoms with E-state index in [4.69, 9.17) is 0 Å². The molecule has 4 nitrogen and oxygen atoms in total. The summed E-state index contributed by atoms with van der Waals surface area (Å²) >= 11 is 0. The lowest BCUT2D eigenvalue weighted by Gasteiger charge is -2.23. The second-order valence-electron chi connectivity index (χ2n) is 6.50. The maximum absolute atomic E-state index is 13.5. The molecule has 2 aromatic carbocycles. The summed E-state index contributed by atoms with van der Waals surface area (Å²) in [5.74, 6) is -0.104. The van der Waals surface area contributed by atoms with Crippen molar-refractivity contribution in [2.75, 3.05) is 17.3 Å². The Hall–Kier alpha value is -3.09. The molecule has 28 heavy (non-hydrogen) atoms. The highest BCUT2D eigenvalue weighted by Gasteiger charge is 2.36. The van der Waals surface area contributed by atoms with Gasteiger partial charge in [0.25, 0.3) is 0 Å². The number of rotatable bonds is 5. The van der Waals surface area contributed by atoms with Crippen LogP contribution in [0.15, 0.2) is 54.7 Å². The van der Waals surface area contributed by atoms with Crippen LogP contribution < -0.4 is 10.2 Å². The molecule has 3 aromatic rings. The van der Waals surface area contributed by atoms with E-state index in [1.165, 1.54) is 4.90 Å². The molecule has 0 aliphatic rings. The molecule has 0 radical (unpaired) electrons. The van der Waals surface area contributed by atoms with Gasteiger partial charge >= 0.3 is 6.18 Å². The maximum atomic E-state index is 13.5. The van der Waals surface area contributed by atoms with Crippen molar-refractivity contribution in [3.05, 3.63) is 71.4 Å². The van der Waals surface area contributed by atoms with Gasteiger partial charge in [-0.2, -0.15) is 18.2 Å². The lowest BCUT2D eigenvalue weighted by Crippen LogP contribution is -2.19. The van der Waals surface area contributed by atoms with Crippen molar-refractivity contribution >= 4 is 23.1 Å². The molecule has 1 aromatic heterocycles. The lowest BCUT2D eigenvalue weighted by molar-refractivity contribution is -0.137. The predicted molar refractivity (Wildman–Crippen MR) is 105 cm³/mol. The first-order valence-electron chi connectivity index (χ1n) is 8.88. The van der Waals surface area contributed by atoms with Gasteiger partial charge in [0.05, 0.1) is 0 Å². The summed E-state index contributed by atoms with van der Waals surface area (Å²) in [4.78, 5) is 9.45. The number of nitrogens with zero attached hydrogens (tertiary/aromatic N) is 3. The largest absolute Gasteiger partial charge is 0.421 e. The van der Waals surface area contributed by atoms with Crippen molar-refractivity contribution in [2.45, 2.75) is 26.4 Å². The number of anilines is 4. The standard InChI is InChI=1S/C21H21F3N4/c1-4-15-8-10-17(11-9-15)28(3)19-18(21(22,23)24)13-25-20(27-19)26-16-7-5-6-14(2)12-16/h5-13H,4H2,1-3H3,(H,25,26,27). The van der Waals surface area contributed by atoms with E-state index in [1.54, 1.807) is 25.2 Å². The molecule has 7 heteroatoms. The van der Waals surface area contributed by atoms with Gasteiger partial charge in [0.15, 0.2) is 5.82 Å². The fraction of sp³-hybridized carbons (Fsp3) is 0.238. The minimum absolute atomic E-state index is 0.102. The number of alkyl halides is 3. The van der Waals surface area contributed by atoms with E-state index >= 15 is 0 Å². The highest BCUT2D eigenvalue weighted by molar-refractivity contribution is 5.65. The molecular formula is C21H21F3N4. The minimum atomic E-state index is -4.56. The van der Waals surface area contributed by atoms with Gasteiger partial charge in [-0.3, -0.25) is 0 Å². The number of benzene rings is 2. The van der Waals surface area contributed by atoms with E-state index in [0.717, 1.165) is 23.7 Å². The normalized spacial score (nSPS) is 11.4. The summed E-state index contributed by atoms with van der Waals surface area (Å²) < 4.78 is 40.6. The fourth-order valence-electron chi connectivity index (χ4n) is 2.82. The first kappa shape index (κ1) is 19.7. The predicted octanol–water partition coefficient (Wildman–Crippen LogP) is 5.88. The van der Waals surface area contributed by atoms with E-state index in [0.29, 0.717) is 11.4 Å². The Kier molecular flexibility index (Phi) is 5.53. The summed E-state index contributed by atoms with van der Waals surface area (Å²) in [6.45, 7) is 3.95. The lowest BCUT2D eigenvalue weighted by atomic mass is 10.1. The number of aryl methyl sites for hydroxylation is 2. The van der Waals surface area contributed by atoms with Crippen molar-refractivity contribution in [3.63, 3.8) is 0 Å². The Balaban J connectivity index is 2.00. The summed E-state index contributed by atoms with van der Waals surface area (Å²) in [5, 5.41) is 2.97. The first-order chi connectivity index (χ1) is 13.3. The van der Waals surface area contributed by atoms with E-state index in [1.807, 2.05) is 44.2 Å². The Morgan fingerprint density at radius 2 is 1.79 bits per heavy atom. The molecule has 0 amide bonds. The van der Waals surface area contributed by atoms with Crippen LogP contribution >= 0.6 is 0 Å². The van der Waals surface area contributed by atoms with Crippen molar-refractivity contribution in [3.8, 4) is 0 Å². The highest BCUT2D eigenvalue weighted by Crippen LogP contribution is 2.37. The van der Waals surface area contributed by atoms with Crippen molar-refractivity contribution in [2.24, 2.45) is 0 Å². The van der Waals surface area contributed by atoms with Gasteiger partial charge < -0.3 is 10.2 Å². The van der Waals surface area contributed by atoms with E-state index in [-0.39, 0.29) is 11.8 Å². The molecule has 1 heterocycles. The van der Waals surface area contributed by atoms with Gasteiger partial charge in [0, 0.05) is 24.6 Å². The Bertz CT molecular complexity index is 953. The van der Waals surface area contributed by atoms with Crippen LogP contribution in [-0.4, -0.2) is 17.0 Å². The van der Waals surface area contributed by atoms with Gasteiger partial charge in [0.2, 0.25) is 5.95 Å². The van der Waals surface area contributed by atoms with E-state index < -0.39 is 11.7 Å². The Morgan fingerprint density at radius 3 is 2.39 bits per heavy atom. The molecule has 1 N–H and O–H groups in total. The van der Waals surface area contributed by atoms with Crippen LogP contribution in [0.2, 0.25) is 0 Å². The number of hydrogen-bond donors (Lipinski definition) is 1. The number of nitrogens with one attached hydrogen (secondary N) is 1. The monoisotopic (exact) mass is 386 g/mol. The van der Waals surface area contributed by atoms with Crippen LogP contribution in [0.3, 0.4) is 0 Å². The molecule has 0 aliphatic carbocycles. The third kappa shape index (κ3) is 4.42. The zero-order valence-electron chi connectivity index (χ0n) is 15.9. The van der Waals surface area contributed by atoms with Crippen LogP contribution in [0.5, 0.6) is 0 Å². The van der Waals surface area contributed by atoms with Crippen molar-refractivity contribution in [1.82, 2.24) is 9.97 Å². The summed E-state index contributed by atoms with van der Waals surface area (Å²) in [5.41, 5.74) is 2.57. The molecular weight excluding hydrogens is 365 g/mol. The number of halogens is 3. The second-order valence-corrected chi connectivity index (χ2v) is 6.50. The Morgan fingerprint density at radius 1 is 1.07 bits per heavy atom. The van der Waals surface area contributed by atoms with Gasteiger partial charge in [-0.25, -0.2) is 4.98 Å². The molecule has 0 saturated carbocycles. The summed E-state index contributed by atoms with van der Waals surface area (Å²) in [6.07, 6.45) is -2.89. The smallest absolute Gasteiger partial charge is 0.329 e. The fourth-order valence-corrected chi connectivity index (χ4v) is 2.82. The van der Waals surface area contributed by atoms with Gasteiger partial charge in [-0.1, -0.05) is 31.2 Å². The summed E-state index contributed by atoms with van der Waals surface area (Å²) in [7, 11) is 1.56. The third-order valence-corrected chi connectivity index (χ3v) is 4.40. The molecule has 0 fully saturated rings. The topological polar surface area (TPSA) is 41.1 Å². The van der Waals surface area contributed by atoms with Crippen molar-refractivity contribution < 1.29 is 13.2 Å². The van der Waals surface area contributed by atoms with Crippen LogP contribution in [0, 0.1) is 6.92 Å². The number of aromatic nitrogens is 2. The highest BCUT2D eigenvalue weighted by atomic mass is 19.4. The quantitative estimate of drug-likeness (QED) is 0.595. The van der Waals surface area contributed by atoms with Crippen LogP contribution in [0.25, 0.3) is 0 Å². The van der Waals surface area contributed by atoms with Crippen LogP contribution in [0.1, 0.15) is 23.6 Å². The van der Waals surface area contributed by atoms with Gasteiger partial charge in [-0.05, 0) is 48.7 Å². The minimum Gasteiger partial charge on any atom is -0.329 e. The average molecular weight is 386 g/mol. The maximum Gasteiger partial charge on any atom is 0.421 e. The SMILES string of the molecule is CCc1ccc(N(C)c2nc(Nc3cccc(C)c3)ncc2C(F)(F)F)cc1. The van der Waals surface area contributed by atoms with Gasteiger partial charge in [0.1, 0.15) is 5.56 Å². The Labute approximate surface area is 162 Å². The van der Waals surface area contributed by atoms with E-state index in [9.17, 15) is 13.2 Å².